The molecule has 41 heavy (non-hydrogen) atoms. The second-order valence-electron chi connectivity index (χ2n) is 10.9. The lowest BCUT2D eigenvalue weighted by molar-refractivity contribution is -0.140. The maximum Gasteiger partial charge on any atom is 0.408 e. The monoisotopic (exact) mass is 599 g/mol. The van der Waals surface area contributed by atoms with E-state index in [1.54, 1.807) is 57.2 Å². The number of carbonyl (C=O) groups is 3. The quantitative estimate of drug-likeness (QED) is 0.132. The van der Waals surface area contributed by atoms with E-state index in [0.29, 0.717) is 34.8 Å². The van der Waals surface area contributed by atoms with E-state index in [0.717, 1.165) is 31.2 Å². The Bertz CT molecular complexity index is 1200. The molecular formula is C32H42ClN3O4S. The SMILES string of the molecule is C#Cc1ccc(C(C(=O)Nc2c(C)cccc2Cl)N(CCCCCCC)C(=O)C(CS)NC(=O)OC(C)(C)C)cc1. The number of ether oxygens (including phenoxy) is 1. The number of nitrogens with one attached hydrogen (secondary N) is 2. The van der Waals surface area contributed by atoms with Crippen LogP contribution in [0.5, 0.6) is 0 Å². The number of benzene rings is 2. The molecule has 0 heterocycles. The van der Waals surface area contributed by atoms with Crippen molar-refractivity contribution in [1.29, 1.82) is 0 Å². The first kappa shape index (κ1) is 34.1. The van der Waals surface area contributed by atoms with Crippen molar-refractivity contribution in [3.8, 4) is 12.3 Å². The summed E-state index contributed by atoms with van der Waals surface area (Å²) >= 11 is 10.8. The van der Waals surface area contributed by atoms with Gasteiger partial charge in [0.15, 0.2) is 0 Å². The first-order chi connectivity index (χ1) is 19.4. The summed E-state index contributed by atoms with van der Waals surface area (Å²) in [6.07, 6.45) is 9.56. The second-order valence-corrected chi connectivity index (χ2v) is 11.7. The lowest BCUT2D eigenvalue weighted by atomic mass is 10.00. The number of carbonyl (C=O) groups excluding carboxylic acids is 3. The lowest BCUT2D eigenvalue weighted by Gasteiger charge is -2.34. The predicted octanol–water partition coefficient (Wildman–Crippen LogP) is 6.93. The van der Waals surface area contributed by atoms with E-state index >= 15 is 0 Å². The fourth-order valence-corrected chi connectivity index (χ4v) is 4.82. The van der Waals surface area contributed by atoms with Crippen LogP contribution >= 0.6 is 24.2 Å². The summed E-state index contributed by atoms with van der Waals surface area (Å²) in [5, 5.41) is 5.97. The Morgan fingerprint density at radius 2 is 1.73 bits per heavy atom. The van der Waals surface area contributed by atoms with Gasteiger partial charge >= 0.3 is 6.09 Å². The first-order valence-corrected chi connectivity index (χ1v) is 15.0. The maximum absolute atomic E-state index is 14.1. The zero-order valence-corrected chi connectivity index (χ0v) is 26.3. The van der Waals surface area contributed by atoms with Crippen LogP contribution in [0.15, 0.2) is 42.5 Å². The van der Waals surface area contributed by atoms with Crippen molar-refractivity contribution >= 4 is 47.8 Å². The van der Waals surface area contributed by atoms with Gasteiger partial charge in [0.05, 0.1) is 10.7 Å². The van der Waals surface area contributed by atoms with Crippen LogP contribution in [0.1, 0.15) is 82.5 Å². The molecule has 0 saturated heterocycles. The van der Waals surface area contributed by atoms with Crippen LogP contribution in [0.3, 0.4) is 0 Å². The van der Waals surface area contributed by atoms with Gasteiger partial charge < -0.3 is 20.3 Å². The summed E-state index contributed by atoms with van der Waals surface area (Å²) in [4.78, 5) is 42.2. The molecule has 0 aliphatic heterocycles. The largest absolute Gasteiger partial charge is 0.444 e. The topological polar surface area (TPSA) is 87.7 Å². The van der Waals surface area contributed by atoms with E-state index in [-0.39, 0.29) is 5.75 Å². The molecule has 0 bridgehead atoms. The normalized spacial score (nSPS) is 12.5. The third-order valence-electron chi connectivity index (χ3n) is 6.38. The lowest BCUT2D eigenvalue weighted by Crippen LogP contribution is -2.53. The number of hydrogen-bond donors (Lipinski definition) is 3. The Balaban J connectivity index is 2.53. The molecule has 0 aliphatic carbocycles. The third kappa shape index (κ3) is 10.6. The highest BCUT2D eigenvalue weighted by molar-refractivity contribution is 7.80. The molecule has 2 rings (SSSR count). The number of nitrogens with zero attached hydrogens (tertiary/aromatic N) is 1. The van der Waals surface area contributed by atoms with Crippen molar-refractivity contribution in [3.05, 3.63) is 64.2 Å². The van der Waals surface area contributed by atoms with Crippen molar-refractivity contribution in [3.63, 3.8) is 0 Å². The van der Waals surface area contributed by atoms with Crippen LogP contribution in [0.2, 0.25) is 5.02 Å². The van der Waals surface area contributed by atoms with Crippen LogP contribution in [-0.2, 0) is 14.3 Å². The molecule has 0 spiro atoms. The van der Waals surface area contributed by atoms with E-state index in [1.807, 2.05) is 13.0 Å². The highest BCUT2D eigenvalue weighted by Gasteiger charge is 2.36. The van der Waals surface area contributed by atoms with Gasteiger partial charge in [0, 0.05) is 17.9 Å². The Kier molecular flexibility index (Phi) is 13.6. The highest BCUT2D eigenvalue weighted by atomic mass is 35.5. The molecule has 2 unspecified atom stereocenters. The minimum Gasteiger partial charge on any atom is -0.444 e. The number of unbranched alkanes of at least 4 members (excludes halogenated alkanes) is 4. The predicted molar refractivity (Wildman–Crippen MR) is 169 cm³/mol. The number of anilines is 1. The first-order valence-electron chi connectivity index (χ1n) is 13.9. The van der Waals surface area contributed by atoms with E-state index in [1.165, 1.54) is 4.90 Å². The van der Waals surface area contributed by atoms with Gasteiger partial charge in [-0.25, -0.2) is 4.79 Å². The molecule has 0 saturated carbocycles. The second kappa shape index (κ2) is 16.3. The van der Waals surface area contributed by atoms with E-state index in [4.69, 9.17) is 22.8 Å². The van der Waals surface area contributed by atoms with Gasteiger partial charge in [0.2, 0.25) is 5.91 Å². The molecule has 0 fully saturated rings. The fourth-order valence-electron chi connectivity index (χ4n) is 4.30. The van der Waals surface area contributed by atoms with Crippen LogP contribution < -0.4 is 10.6 Å². The van der Waals surface area contributed by atoms with Crippen molar-refractivity contribution < 1.29 is 19.1 Å². The minimum absolute atomic E-state index is 0.0123. The van der Waals surface area contributed by atoms with E-state index < -0.39 is 35.6 Å². The van der Waals surface area contributed by atoms with Crippen LogP contribution in [-0.4, -0.2) is 46.7 Å². The maximum atomic E-state index is 14.1. The third-order valence-corrected chi connectivity index (χ3v) is 7.06. The Hall–Kier alpha value is -3.15. The average molecular weight is 600 g/mol. The van der Waals surface area contributed by atoms with Gasteiger partial charge in [-0.1, -0.05) is 74.4 Å². The van der Waals surface area contributed by atoms with Gasteiger partial charge in [-0.05, 0) is 63.4 Å². The summed E-state index contributed by atoms with van der Waals surface area (Å²) in [6.45, 7) is 9.49. The Morgan fingerprint density at radius 3 is 2.29 bits per heavy atom. The summed E-state index contributed by atoms with van der Waals surface area (Å²) in [6, 6.07) is 10.2. The minimum atomic E-state index is -1.03. The smallest absolute Gasteiger partial charge is 0.408 e. The zero-order valence-electron chi connectivity index (χ0n) is 24.6. The number of para-hydroxylation sites is 1. The molecule has 9 heteroatoms. The molecule has 0 aromatic heterocycles. The molecule has 7 nitrogen and oxygen atoms in total. The van der Waals surface area contributed by atoms with Crippen LogP contribution in [0.25, 0.3) is 0 Å². The Morgan fingerprint density at radius 1 is 1.07 bits per heavy atom. The average Bonchev–Trinajstić information content (AvgIpc) is 2.92. The number of thiol groups is 1. The van der Waals surface area contributed by atoms with E-state index in [9.17, 15) is 14.4 Å². The van der Waals surface area contributed by atoms with Gasteiger partial charge in [-0.2, -0.15) is 12.6 Å². The van der Waals surface area contributed by atoms with Gasteiger partial charge in [-0.3, -0.25) is 9.59 Å². The Labute approximate surface area is 255 Å². The number of hydrogen-bond acceptors (Lipinski definition) is 5. The molecule has 0 radical (unpaired) electrons. The van der Waals surface area contributed by atoms with E-state index in [2.05, 4.69) is 36.1 Å². The molecule has 2 N–H and O–H groups in total. The fraction of sp³-hybridized carbons (Fsp3) is 0.469. The molecular weight excluding hydrogens is 558 g/mol. The molecule has 222 valence electrons. The van der Waals surface area contributed by atoms with Gasteiger partial charge in [0.1, 0.15) is 17.7 Å². The molecule has 2 aromatic carbocycles. The summed E-state index contributed by atoms with van der Waals surface area (Å²) in [7, 11) is 0. The standard InChI is InChI=1S/C32H42ClN3O4S/c1-7-9-10-11-12-20-36(30(38)26(21-41)34-31(39)40-32(4,5)6)28(24-18-16-23(8-2)17-19-24)29(37)35-27-22(3)14-13-15-25(27)33/h2,13-19,26,28,41H,7,9-12,20-21H2,1,3-6H3,(H,34,39)(H,35,37). The van der Waals surface area contributed by atoms with Crippen molar-refractivity contribution in [2.45, 2.75) is 84.4 Å². The van der Waals surface area contributed by atoms with Gasteiger partial charge in [-0.15, -0.1) is 6.42 Å². The van der Waals surface area contributed by atoms with Crippen molar-refractivity contribution in [2.24, 2.45) is 0 Å². The summed E-state index contributed by atoms with van der Waals surface area (Å²) in [5.74, 6) is 1.71. The number of rotatable bonds is 13. The number of alkyl carbamates (subject to hydrolysis) is 1. The van der Waals surface area contributed by atoms with Crippen molar-refractivity contribution in [2.75, 3.05) is 17.6 Å². The van der Waals surface area contributed by atoms with Crippen molar-refractivity contribution in [1.82, 2.24) is 10.2 Å². The highest BCUT2D eigenvalue weighted by Crippen LogP contribution is 2.30. The molecule has 0 aliphatic rings. The molecule has 2 atom stereocenters. The van der Waals surface area contributed by atoms with Gasteiger partial charge in [0.25, 0.3) is 5.91 Å². The number of amides is 3. The zero-order chi connectivity index (χ0) is 30.6. The van der Waals surface area contributed by atoms with Crippen LogP contribution in [0.4, 0.5) is 10.5 Å². The molecule has 2 aromatic rings. The summed E-state index contributed by atoms with van der Waals surface area (Å²) in [5.41, 5.74) is 1.72. The number of terminal acetylenes is 1. The number of halogens is 1. The number of aryl methyl sites for hydroxylation is 1. The van der Waals surface area contributed by atoms with Crippen LogP contribution in [0, 0.1) is 19.3 Å². The summed E-state index contributed by atoms with van der Waals surface area (Å²) < 4.78 is 5.38. The molecule has 3 amide bonds.